The maximum Gasteiger partial charge on any atom is 0.327 e. The third-order valence-corrected chi connectivity index (χ3v) is 2.41. The van der Waals surface area contributed by atoms with E-state index in [-0.39, 0.29) is 18.6 Å². The van der Waals surface area contributed by atoms with Crippen molar-refractivity contribution in [2.75, 3.05) is 18.9 Å². The third kappa shape index (κ3) is 2.96. The predicted molar refractivity (Wildman–Crippen MR) is 56.6 cm³/mol. The minimum atomic E-state index is -0.321. The van der Waals surface area contributed by atoms with Gasteiger partial charge in [0.25, 0.3) is 0 Å². The number of anilines is 1. The van der Waals surface area contributed by atoms with Crippen LogP contribution in [0.3, 0.4) is 0 Å². The molecule has 0 spiro atoms. The maximum absolute atomic E-state index is 11.4. The Balaban J connectivity index is 1.71. The summed E-state index contributed by atoms with van der Waals surface area (Å²) in [7, 11) is 0. The number of carbonyl (C=O) groups is 1. The van der Waals surface area contributed by atoms with Gasteiger partial charge in [0, 0.05) is 12.8 Å². The van der Waals surface area contributed by atoms with E-state index in [0.717, 1.165) is 19.4 Å². The summed E-state index contributed by atoms with van der Waals surface area (Å²) < 4.78 is 11.9. The molecule has 88 valence electrons. The summed E-state index contributed by atoms with van der Waals surface area (Å²) >= 11 is 0. The molecule has 1 saturated heterocycles. The monoisotopic (exact) mass is 225 g/mol. The summed E-state index contributed by atoms with van der Waals surface area (Å²) in [5.74, 6) is 0.0746. The summed E-state index contributed by atoms with van der Waals surface area (Å²) in [6, 6.07) is 1.63. The van der Waals surface area contributed by atoms with Gasteiger partial charge in [-0.05, 0) is 18.9 Å². The minimum absolute atomic E-state index is 0.0617. The summed E-state index contributed by atoms with van der Waals surface area (Å²) in [6.07, 6.45) is 3.70. The van der Waals surface area contributed by atoms with Crippen molar-refractivity contribution in [3.05, 3.63) is 12.3 Å². The molecule has 0 amide bonds. The van der Waals surface area contributed by atoms with E-state index in [9.17, 15) is 4.79 Å². The van der Waals surface area contributed by atoms with Crippen LogP contribution in [0, 0.1) is 0 Å². The molecule has 2 rings (SSSR count). The van der Waals surface area contributed by atoms with E-state index < -0.39 is 0 Å². The molecule has 1 aliphatic rings. The quantitative estimate of drug-likeness (QED) is 0.740. The Morgan fingerprint density at radius 2 is 2.62 bits per heavy atom. The molecule has 1 unspecified atom stereocenters. The van der Waals surface area contributed by atoms with Crippen LogP contribution < -0.4 is 5.73 Å². The van der Waals surface area contributed by atoms with Crippen molar-refractivity contribution >= 4 is 11.8 Å². The SMILES string of the molecule is Nc1ccn(CC(=O)OCC2CCCO2)n1. The fourth-order valence-electron chi connectivity index (χ4n) is 1.61. The Hall–Kier alpha value is -1.56. The maximum atomic E-state index is 11.4. The van der Waals surface area contributed by atoms with Crippen LogP contribution >= 0.6 is 0 Å². The molecule has 6 nitrogen and oxygen atoms in total. The first-order chi connectivity index (χ1) is 7.74. The molecule has 1 aromatic heterocycles. The minimum Gasteiger partial charge on any atom is -0.462 e. The number of hydrogen-bond acceptors (Lipinski definition) is 5. The summed E-state index contributed by atoms with van der Waals surface area (Å²) in [5, 5.41) is 3.89. The number of aromatic nitrogens is 2. The zero-order chi connectivity index (χ0) is 11.4. The Morgan fingerprint density at radius 3 is 3.25 bits per heavy atom. The molecular weight excluding hydrogens is 210 g/mol. The Kier molecular flexibility index (Phi) is 3.40. The second kappa shape index (κ2) is 4.98. The van der Waals surface area contributed by atoms with E-state index in [4.69, 9.17) is 15.2 Å². The van der Waals surface area contributed by atoms with Gasteiger partial charge in [-0.15, -0.1) is 0 Å². The number of ether oxygens (including phenoxy) is 2. The van der Waals surface area contributed by atoms with Crippen molar-refractivity contribution < 1.29 is 14.3 Å². The third-order valence-electron chi connectivity index (χ3n) is 2.41. The lowest BCUT2D eigenvalue weighted by Gasteiger charge is -2.09. The number of rotatable bonds is 4. The van der Waals surface area contributed by atoms with Crippen molar-refractivity contribution in [3.8, 4) is 0 Å². The van der Waals surface area contributed by atoms with Gasteiger partial charge in [-0.1, -0.05) is 0 Å². The van der Waals surface area contributed by atoms with E-state index in [1.165, 1.54) is 4.68 Å². The molecule has 6 heteroatoms. The highest BCUT2D eigenvalue weighted by molar-refractivity contribution is 5.69. The summed E-state index contributed by atoms with van der Waals surface area (Å²) in [6.45, 7) is 1.18. The molecule has 0 radical (unpaired) electrons. The standard InChI is InChI=1S/C10H15N3O3/c11-9-3-4-13(12-9)6-10(14)16-7-8-2-1-5-15-8/h3-4,8H,1-2,5-7H2,(H2,11,12). The number of nitrogens with two attached hydrogens (primary N) is 1. The lowest BCUT2D eigenvalue weighted by atomic mass is 10.2. The van der Waals surface area contributed by atoms with Crippen molar-refractivity contribution in [1.82, 2.24) is 9.78 Å². The highest BCUT2D eigenvalue weighted by Gasteiger charge is 2.17. The molecule has 0 bridgehead atoms. The van der Waals surface area contributed by atoms with Crippen molar-refractivity contribution in [1.29, 1.82) is 0 Å². The molecule has 0 saturated carbocycles. The molecule has 2 heterocycles. The molecule has 1 aromatic rings. The normalized spacial score (nSPS) is 19.9. The van der Waals surface area contributed by atoms with Crippen molar-refractivity contribution in [2.45, 2.75) is 25.5 Å². The lowest BCUT2D eigenvalue weighted by molar-refractivity contribution is -0.147. The molecule has 0 aliphatic carbocycles. The largest absolute Gasteiger partial charge is 0.462 e. The Morgan fingerprint density at radius 1 is 1.75 bits per heavy atom. The van der Waals surface area contributed by atoms with Crippen LogP contribution in [-0.2, 0) is 20.8 Å². The van der Waals surface area contributed by atoms with Crippen LogP contribution in [0.5, 0.6) is 0 Å². The zero-order valence-corrected chi connectivity index (χ0v) is 8.96. The molecule has 0 aromatic carbocycles. The van der Waals surface area contributed by atoms with Gasteiger partial charge >= 0.3 is 5.97 Å². The highest BCUT2D eigenvalue weighted by Crippen LogP contribution is 2.12. The van der Waals surface area contributed by atoms with Crippen LogP contribution in [0.1, 0.15) is 12.8 Å². The number of carbonyl (C=O) groups excluding carboxylic acids is 1. The predicted octanol–water partition coefficient (Wildman–Crippen LogP) is 0.187. The molecular formula is C10H15N3O3. The van der Waals surface area contributed by atoms with Crippen LogP contribution in [0.25, 0.3) is 0 Å². The number of nitrogen functional groups attached to an aromatic ring is 1. The molecule has 1 fully saturated rings. The lowest BCUT2D eigenvalue weighted by Crippen LogP contribution is -2.21. The first-order valence-electron chi connectivity index (χ1n) is 5.30. The molecule has 1 aliphatic heterocycles. The smallest absolute Gasteiger partial charge is 0.327 e. The highest BCUT2D eigenvalue weighted by atomic mass is 16.6. The second-order valence-electron chi connectivity index (χ2n) is 3.76. The Bertz CT molecular complexity index is 358. The van der Waals surface area contributed by atoms with Crippen LogP contribution in [0.4, 0.5) is 5.82 Å². The van der Waals surface area contributed by atoms with Crippen molar-refractivity contribution in [3.63, 3.8) is 0 Å². The fourth-order valence-corrected chi connectivity index (χ4v) is 1.61. The zero-order valence-electron chi connectivity index (χ0n) is 8.96. The van der Waals surface area contributed by atoms with E-state index >= 15 is 0 Å². The van der Waals surface area contributed by atoms with Gasteiger partial charge in [0.15, 0.2) is 0 Å². The van der Waals surface area contributed by atoms with Gasteiger partial charge in [0.1, 0.15) is 19.0 Å². The molecule has 16 heavy (non-hydrogen) atoms. The van der Waals surface area contributed by atoms with E-state index in [1.54, 1.807) is 12.3 Å². The number of hydrogen-bond donors (Lipinski definition) is 1. The first-order valence-corrected chi connectivity index (χ1v) is 5.30. The van der Waals surface area contributed by atoms with Gasteiger partial charge in [-0.3, -0.25) is 9.48 Å². The van der Waals surface area contributed by atoms with Gasteiger partial charge in [-0.25, -0.2) is 0 Å². The summed E-state index contributed by atoms with van der Waals surface area (Å²) in [4.78, 5) is 11.4. The van der Waals surface area contributed by atoms with Gasteiger partial charge in [0.2, 0.25) is 0 Å². The van der Waals surface area contributed by atoms with E-state index in [0.29, 0.717) is 12.4 Å². The second-order valence-corrected chi connectivity index (χ2v) is 3.76. The van der Waals surface area contributed by atoms with Gasteiger partial charge in [-0.2, -0.15) is 5.10 Å². The van der Waals surface area contributed by atoms with Crippen LogP contribution in [0.15, 0.2) is 12.3 Å². The fraction of sp³-hybridized carbons (Fsp3) is 0.600. The van der Waals surface area contributed by atoms with E-state index in [2.05, 4.69) is 5.10 Å². The average molecular weight is 225 g/mol. The van der Waals surface area contributed by atoms with Gasteiger partial charge in [0.05, 0.1) is 6.10 Å². The number of nitrogens with zero attached hydrogens (tertiary/aromatic N) is 2. The number of esters is 1. The van der Waals surface area contributed by atoms with Crippen molar-refractivity contribution in [2.24, 2.45) is 0 Å². The van der Waals surface area contributed by atoms with Crippen LogP contribution in [-0.4, -0.2) is 35.1 Å². The summed E-state index contributed by atoms with van der Waals surface area (Å²) in [5.41, 5.74) is 5.42. The van der Waals surface area contributed by atoms with Crippen LogP contribution in [0.2, 0.25) is 0 Å². The molecule has 1 atom stereocenters. The first kappa shape index (κ1) is 10.9. The Labute approximate surface area is 93.3 Å². The average Bonchev–Trinajstić information content (AvgIpc) is 2.87. The molecule has 2 N–H and O–H groups in total. The van der Waals surface area contributed by atoms with E-state index in [1.807, 2.05) is 0 Å². The topological polar surface area (TPSA) is 79.4 Å². The van der Waals surface area contributed by atoms with Gasteiger partial charge < -0.3 is 15.2 Å².